The Morgan fingerprint density at radius 3 is 1.95 bits per heavy atom. The predicted molar refractivity (Wildman–Crippen MR) is 86.7 cm³/mol. The summed E-state index contributed by atoms with van der Waals surface area (Å²) in [4.78, 5) is 0. The first-order valence-corrected chi connectivity index (χ1v) is 8.13. The van der Waals surface area contributed by atoms with Crippen LogP contribution in [0.2, 0.25) is 0 Å². The van der Waals surface area contributed by atoms with Gasteiger partial charge in [-0.15, -0.1) is 0 Å². The Labute approximate surface area is 124 Å². The third-order valence-corrected chi connectivity index (χ3v) is 4.64. The first-order valence-electron chi connectivity index (χ1n) is 8.13. The zero-order chi connectivity index (χ0) is 14.7. The molecule has 1 aliphatic heterocycles. The fourth-order valence-electron chi connectivity index (χ4n) is 3.14. The molecule has 2 nitrogen and oxygen atoms in total. The number of nitrogens with zero attached hydrogens (tertiary/aromatic N) is 1. The van der Waals surface area contributed by atoms with Crippen LogP contribution in [0.1, 0.15) is 77.0 Å². The molecule has 1 saturated heterocycles. The van der Waals surface area contributed by atoms with Gasteiger partial charge in [-0.25, -0.2) is 10.4 Å². The molecule has 1 aromatic rings. The van der Waals surface area contributed by atoms with Gasteiger partial charge in [-0.2, -0.15) is 0 Å². The van der Waals surface area contributed by atoms with Gasteiger partial charge in [0.05, 0.1) is 0 Å². The Morgan fingerprint density at radius 2 is 1.45 bits per heavy atom. The summed E-state index contributed by atoms with van der Waals surface area (Å²) in [5.41, 5.74) is 6.51. The van der Waals surface area contributed by atoms with Crippen LogP contribution in [0.25, 0.3) is 0 Å². The van der Waals surface area contributed by atoms with Crippen molar-refractivity contribution >= 4 is 0 Å². The van der Waals surface area contributed by atoms with Gasteiger partial charge in [0.1, 0.15) is 0 Å². The van der Waals surface area contributed by atoms with E-state index in [0.29, 0.717) is 24.0 Å². The zero-order valence-corrected chi connectivity index (χ0v) is 13.7. The van der Waals surface area contributed by atoms with E-state index in [4.69, 9.17) is 0 Å². The van der Waals surface area contributed by atoms with Crippen molar-refractivity contribution in [3.05, 3.63) is 35.4 Å². The fraction of sp³-hybridized carbons (Fsp3) is 0.667. The molecule has 112 valence electrons. The number of rotatable bonds is 4. The molecule has 1 fully saturated rings. The van der Waals surface area contributed by atoms with Crippen LogP contribution in [0.15, 0.2) is 24.3 Å². The van der Waals surface area contributed by atoms with Crippen LogP contribution >= 0.6 is 0 Å². The highest BCUT2D eigenvalue weighted by molar-refractivity contribution is 5.26. The summed E-state index contributed by atoms with van der Waals surface area (Å²) < 4.78 is 0. The molecular formula is C18H30N2. The van der Waals surface area contributed by atoms with E-state index in [1.165, 1.54) is 30.4 Å². The van der Waals surface area contributed by atoms with Crippen LogP contribution in [-0.4, -0.2) is 17.1 Å². The van der Waals surface area contributed by atoms with E-state index in [-0.39, 0.29) is 0 Å². The molecule has 1 aromatic carbocycles. The van der Waals surface area contributed by atoms with Crippen molar-refractivity contribution < 1.29 is 0 Å². The smallest absolute Gasteiger partial charge is 0.0436 e. The molecule has 2 rings (SSSR count). The van der Waals surface area contributed by atoms with Crippen molar-refractivity contribution in [2.75, 3.05) is 0 Å². The summed E-state index contributed by atoms with van der Waals surface area (Å²) in [6.07, 6.45) is 3.96. The molecule has 0 spiro atoms. The van der Waals surface area contributed by atoms with Crippen LogP contribution < -0.4 is 5.43 Å². The van der Waals surface area contributed by atoms with Crippen LogP contribution in [0.3, 0.4) is 0 Å². The Kier molecular flexibility index (Phi) is 5.22. The normalized spacial score (nSPS) is 25.9. The molecule has 0 aliphatic carbocycles. The van der Waals surface area contributed by atoms with Gasteiger partial charge in [0.2, 0.25) is 0 Å². The largest absolute Gasteiger partial charge is 0.247 e. The fourth-order valence-corrected chi connectivity index (χ4v) is 3.14. The van der Waals surface area contributed by atoms with Crippen molar-refractivity contribution in [3.8, 4) is 0 Å². The lowest BCUT2D eigenvalue weighted by Crippen LogP contribution is -2.52. The minimum atomic E-state index is 0.374. The molecule has 20 heavy (non-hydrogen) atoms. The van der Waals surface area contributed by atoms with E-state index in [2.05, 4.69) is 69.3 Å². The van der Waals surface area contributed by atoms with Gasteiger partial charge in [-0.1, -0.05) is 44.5 Å². The lowest BCUT2D eigenvalue weighted by molar-refractivity contribution is 0.0320. The minimum Gasteiger partial charge on any atom is -0.247 e. The summed E-state index contributed by atoms with van der Waals surface area (Å²) in [6, 6.07) is 10.7. The summed E-state index contributed by atoms with van der Waals surface area (Å²) in [6.45, 7) is 11.4. The van der Waals surface area contributed by atoms with Crippen LogP contribution in [0.4, 0.5) is 0 Å². The molecular weight excluding hydrogens is 244 g/mol. The first kappa shape index (κ1) is 15.5. The van der Waals surface area contributed by atoms with Gasteiger partial charge in [0.15, 0.2) is 0 Å². The molecule has 0 aromatic heterocycles. The number of hydrazine groups is 1. The van der Waals surface area contributed by atoms with Crippen molar-refractivity contribution in [2.45, 2.75) is 77.9 Å². The number of hydrogen-bond acceptors (Lipinski definition) is 2. The van der Waals surface area contributed by atoms with E-state index >= 15 is 0 Å². The lowest BCUT2D eigenvalue weighted by atomic mass is 9.98. The number of hydrogen-bond donors (Lipinski definition) is 1. The maximum atomic E-state index is 3.72. The summed E-state index contributed by atoms with van der Waals surface area (Å²) in [5.74, 6) is 0.606. The van der Waals surface area contributed by atoms with Gasteiger partial charge in [-0.3, -0.25) is 0 Å². The van der Waals surface area contributed by atoms with E-state index in [0.717, 1.165) is 0 Å². The molecule has 3 atom stereocenters. The topological polar surface area (TPSA) is 15.3 Å². The molecule has 1 N–H and O–H groups in total. The Morgan fingerprint density at radius 1 is 0.950 bits per heavy atom. The molecule has 1 heterocycles. The monoisotopic (exact) mass is 274 g/mol. The standard InChI is InChI=1S/C18H30N2/c1-13(2)17-9-11-18(12-10-17)16(5)19-20-14(3)7-6-8-15(20)4/h9-16,19H,6-8H2,1-5H3. The second-order valence-corrected chi connectivity index (χ2v) is 6.71. The SMILES string of the molecule is CC(C)c1ccc(C(C)NN2C(C)CCCC2C)cc1. The van der Waals surface area contributed by atoms with Gasteiger partial charge >= 0.3 is 0 Å². The Hall–Kier alpha value is -0.860. The highest BCUT2D eigenvalue weighted by Crippen LogP contribution is 2.24. The average molecular weight is 274 g/mol. The van der Waals surface area contributed by atoms with Crippen LogP contribution in [0.5, 0.6) is 0 Å². The van der Waals surface area contributed by atoms with Crippen LogP contribution in [0, 0.1) is 0 Å². The van der Waals surface area contributed by atoms with Crippen molar-refractivity contribution in [1.29, 1.82) is 0 Å². The molecule has 0 radical (unpaired) electrons. The number of benzene rings is 1. The van der Waals surface area contributed by atoms with E-state index in [1.54, 1.807) is 0 Å². The van der Waals surface area contributed by atoms with Gasteiger partial charge in [-0.05, 0) is 50.7 Å². The maximum absolute atomic E-state index is 3.72. The van der Waals surface area contributed by atoms with E-state index < -0.39 is 0 Å². The molecule has 0 saturated carbocycles. The average Bonchev–Trinajstić information content (AvgIpc) is 2.43. The van der Waals surface area contributed by atoms with Gasteiger partial charge < -0.3 is 0 Å². The lowest BCUT2D eigenvalue weighted by Gasteiger charge is -2.41. The molecule has 0 bridgehead atoms. The number of nitrogens with one attached hydrogen (secondary N) is 1. The summed E-state index contributed by atoms with van der Waals surface area (Å²) in [5, 5.41) is 2.46. The predicted octanol–water partition coefficient (Wildman–Crippen LogP) is 4.64. The quantitative estimate of drug-likeness (QED) is 0.860. The van der Waals surface area contributed by atoms with Crippen LogP contribution in [-0.2, 0) is 0 Å². The highest BCUT2D eigenvalue weighted by atomic mass is 15.5. The highest BCUT2D eigenvalue weighted by Gasteiger charge is 2.25. The van der Waals surface area contributed by atoms with Crippen molar-refractivity contribution in [2.24, 2.45) is 0 Å². The second kappa shape index (κ2) is 6.73. The van der Waals surface area contributed by atoms with Crippen molar-refractivity contribution in [1.82, 2.24) is 10.4 Å². The maximum Gasteiger partial charge on any atom is 0.0436 e. The summed E-state index contributed by atoms with van der Waals surface area (Å²) in [7, 11) is 0. The van der Waals surface area contributed by atoms with Gasteiger partial charge in [0, 0.05) is 18.1 Å². The molecule has 3 unspecified atom stereocenters. The molecule has 1 aliphatic rings. The van der Waals surface area contributed by atoms with Gasteiger partial charge in [0.25, 0.3) is 0 Å². The Bertz CT molecular complexity index is 400. The molecule has 2 heteroatoms. The van der Waals surface area contributed by atoms with E-state index in [1.807, 2.05) is 0 Å². The first-order chi connectivity index (χ1) is 9.49. The molecule has 0 amide bonds. The minimum absolute atomic E-state index is 0.374. The van der Waals surface area contributed by atoms with Crippen molar-refractivity contribution in [3.63, 3.8) is 0 Å². The Balaban J connectivity index is 2.01. The third-order valence-electron chi connectivity index (χ3n) is 4.64. The van der Waals surface area contributed by atoms with E-state index in [9.17, 15) is 0 Å². The second-order valence-electron chi connectivity index (χ2n) is 6.71. The zero-order valence-electron chi connectivity index (χ0n) is 13.7. The third kappa shape index (κ3) is 3.62. The summed E-state index contributed by atoms with van der Waals surface area (Å²) >= 11 is 0. The number of piperidine rings is 1.